The molecule has 0 unspecified atom stereocenters. The van der Waals surface area contributed by atoms with Gasteiger partial charge in [0.15, 0.2) is 10.9 Å². The van der Waals surface area contributed by atoms with Gasteiger partial charge < -0.3 is 5.32 Å². The van der Waals surface area contributed by atoms with Gasteiger partial charge in [-0.1, -0.05) is 41.9 Å². The molecule has 0 atom stereocenters. The molecular formula is C15H13ClN2O2. The molecule has 0 saturated carbocycles. The summed E-state index contributed by atoms with van der Waals surface area (Å²) < 4.78 is 0. The predicted molar refractivity (Wildman–Crippen MR) is 77.9 cm³/mol. The Bertz CT molecular complexity index is 614. The molecule has 0 bridgehead atoms. The molecule has 2 rings (SSSR count). The molecule has 1 aromatic heterocycles. The van der Waals surface area contributed by atoms with Crippen molar-refractivity contribution in [1.29, 1.82) is 0 Å². The van der Waals surface area contributed by atoms with Crippen LogP contribution in [0.2, 0.25) is 5.15 Å². The van der Waals surface area contributed by atoms with Gasteiger partial charge in [-0.3, -0.25) is 9.59 Å². The summed E-state index contributed by atoms with van der Waals surface area (Å²) in [7, 11) is 0. The van der Waals surface area contributed by atoms with Gasteiger partial charge in [-0.2, -0.15) is 0 Å². The molecule has 0 aliphatic carbocycles. The van der Waals surface area contributed by atoms with Gasteiger partial charge in [0, 0.05) is 24.6 Å². The van der Waals surface area contributed by atoms with Crippen molar-refractivity contribution in [3.05, 3.63) is 59.4 Å². The van der Waals surface area contributed by atoms with Gasteiger partial charge in [-0.25, -0.2) is 4.98 Å². The topological polar surface area (TPSA) is 59.1 Å². The number of ketones is 1. The van der Waals surface area contributed by atoms with E-state index in [0.29, 0.717) is 11.3 Å². The molecule has 0 radical (unpaired) electrons. The highest BCUT2D eigenvalue weighted by Gasteiger charge is 2.10. The number of hydrogen-bond donors (Lipinski definition) is 1. The zero-order chi connectivity index (χ0) is 14.4. The minimum atomic E-state index is -0.260. The van der Waals surface area contributed by atoms with Crippen LogP contribution < -0.4 is 5.32 Å². The number of aromatic nitrogens is 1. The molecule has 0 fully saturated rings. The number of amides is 1. The Labute approximate surface area is 121 Å². The summed E-state index contributed by atoms with van der Waals surface area (Å²) in [5, 5.41) is 2.86. The van der Waals surface area contributed by atoms with Crippen molar-refractivity contribution >= 4 is 29.0 Å². The number of carbonyl (C=O) groups excluding carboxylic acids is 2. The first kappa shape index (κ1) is 14.2. The minimum absolute atomic E-state index is 0.0574. The molecule has 20 heavy (non-hydrogen) atoms. The smallest absolute Gasteiger partial charge is 0.224 e. The van der Waals surface area contributed by atoms with Gasteiger partial charge in [0.2, 0.25) is 5.91 Å². The number of benzene rings is 1. The lowest BCUT2D eigenvalue weighted by atomic mass is 10.1. The van der Waals surface area contributed by atoms with E-state index in [2.05, 4.69) is 10.3 Å². The van der Waals surface area contributed by atoms with Crippen LogP contribution in [0.4, 0.5) is 5.69 Å². The molecule has 0 aliphatic heterocycles. The number of nitrogens with one attached hydrogen (secondary N) is 1. The third-order valence-corrected chi connectivity index (χ3v) is 3.01. The predicted octanol–water partition coefficient (Wildman–Crippen LogP) is 3.34. The molecule has 5 heteroatoms. The molecule has 1 aromatic carbocycles. The Morgan fingerprint density at radius 2 is 1.80 bits per heavy atom. The second kappa shape index (κ2) is 6.82. The first-order valence-corrected chi connectivity index (χ1v) is 6.53. The maximum atomic E-state index is 11.9. The van der Waals surface area contributed by atoms with Crippen molar-refractivity contribution in [2.24, 2.45) is 0 Å². The summed E-state index contributed by atoms with van der Waals surface area (Å²) in [6.45, 7) is 0. The van der Waals surface area contributed by atoms with E-state index in [1.54, 1.807) is 36.4 Å². The Morgan fingerprint density at radius 1 is 1.05 bits per heavy atom. The standard InChI is InChI=1S/C15H13ClN2O2/c16-15-12(7-4-10-17-15)18-14(20)9-8-13(19)11-5-2-1-3-6-11/h1-7,10H,8-9H2,(H,18,20). The third kappa shape index (κ3) is 3.90. The molecule has 1 heterocycles. The molecule has 1 N–H and O–H groups in total. The third-order valence-electron chi connectivity index (χ3n) is 2.71. The minimum Gasteiger partial charge on any atom is -0.323 e. The van der Waals surface area contributed by atoms with Crippen molar-refractivity contribution in [2.45, 2.75) is 12.8 Å². The summed E-state index contributed by atoms with van der Waals surface area (Å²) in [6, 6.07) is 12.2. The van der Waals surface area contributed by atoms with Crippen LogP contribution in [0.25, 0.3) is 0 Å². The van der Waals surface area contributed by atoms with Crippen LogP contribution in [0.5, 0.6) is 0 Å². The van der Waals surface area contributed by atoms with Crippen molar-refractivity contribution in [3.63, 3.8) is 0 Å². The van der Waals surface area contributed by atoms with Crippen LogP contribution in [-0.2, 0) is 4.79 Å². The largest absolute Gasteiger partial charge is 0.323 e. The summed E-state index contributed by atoms with van der Waals surface area (Å²) in [4.78, 5) is 27.5. The highest BCUT2D eigenvalue weighted by Crippen LogP contribution is 2.17. The molecule has 4 nitrogen and oxygen atoms in total. The van der Waals surface area contributed by atoms with Crippen LogP contribution in [0.3, 0.4) is 0 Å². The van der Waals surface area contributed by atoms with E-state index in [4.69, 9.17) is 11.6 Å². The number of pyridine rings is 1. The second-order valence-corrected chi connectivity index (χ2v) is 4.54. The summed E-state index contributed by atoms with van der Waals surface area (Å²) >= 11 is 5.83. The maximum Gasteiger partial charge on any atom is 0.224 e. The van der Waals surface area contributed by atoms with Crippen molar-refractivity contribution in [2.75, 3.05) is 5.32 Å². The van der Waals surface area contributed by atoms with E-state index in [-0.39, 0.29) is 29.7 Å². The molecule has 1 amide bonds. The Hall–Kier alpha value is -2.20. The van der Waals surface area contributed by atoms with E-state index in [9.17, 15) is 9.59 Å². The monoisotopic (exact) mass is 288 g/mol. The van der Waals surface area contributed by atoms with E-state index in [0.717, 1.165) is 0 Å². The Balaban J connectivity index is 1.87. The summed E-state index contributed by atoms with van der Waals surface area (Å²) in [5.41, 5.74) is 1.06. The summed E-state index contributed by atoms with van der Waals surface area (Å²) in [5.74, 6) is -0.317. The van der Waals surface area contributed by atoms with Gasteiger partial charge in [-0.05, 0) is 12.1 Å². The highest BCUT2D eigenvalue weighted by molar-refractivity contribution is 6.32. The molecule has 0 saturated heterocycles. The lowest BCUT2D eigenvalue weighted by Crippen LogP contribution is -2.14. The lowest BCUT2D eigenvalue weighted by Gasteiger charge is -2.06. The number of halogens is 1. The maximum absolute atomic E-state index is 11.9. The highest BCUT2D eigenvalue weighted by atomic mass is 35.5. The molecule has 2 aromatic rings. The first-order valence-electron chi connectivity index (χ1n) is 6.15. The van der Waals surface area contributed by atoms with Gasteiger partial charge in [0.05, 0.1) is 5.69 Å². The second-order valence-electron chi connectivity index (χ2n) is 4.18. The van der Waals surface area contributed by atoms with Crippen molar-refractivity contribution in [3.8, 4) is 0 Å². The van der Waals surface area contributed by atoms with Gasteiger partial charge in [0.1, 0.15) is 0 Å². The fourth-order valence-electron chi connectivity index (χ4n) is 1.69. The van der Waals surface area contributed by atoms with Crippen LogP contribution in [0.15, 0.2) is 48.7 Å². The number of nitrogens with zero attached hydrogens (tertiary/aromatic N) is 1. The van der Waals surface area contributed by atoms with E-state index in [1.165, 1.54) is 6.20 Å². The quantitative estimate of drug-likeness (QED) is 0.678. The fraction of sp³-hybridized carbons (Fsp3) is 0.133. The van der Waals surface area contributed by atoms with Crippen LogP contribution in [-0.4, -0.2) is 16.7 Å². The fourth-order valence-corrected chi connectivity index (χ4v) is 1.85. The first-order chi connectivity index (χ1) is 9.66. The van der Waals surface area contributed by atoms with Crippen molar-refractivity contribution < 1.29 is 9.59 Å². The van der Waals surface area contributed by atoms with Crippen LogP contribution in [0, 0.1) is 0 Å². The Morgan fingerprint density at radius 3 is 2.50 bits per heavy atom. The SMILES string of the molecule is O=C(CCC(=O)c1ccccc1)Nc1cccnc1Cl. The molecule has 0 aliphatic rings. The van der Waals surface area contributed by atoms with Crippen molar-refractivity contribution in [1.82, 2.24) is 4.98 Å². The number of rotatable bonds is 5. The lowest BCUT2D eigenvalue weighted by molar-refractivity contribution is -0.116. The van der Waals surface area contributed by atoms with Gasteiger partial charge in [-0.15, -0.1) is 0 Å². The van der Waals surface area contributed by atoms with Crippen LogP contribution >= 0.6 is 11.6 Å². The average Bonchev–Trinajstić information content (AvgIpc) is 2.48. The van der Waals surface area contributed by atoms with E-state index >= 15 is 0 Å². The molecule has 102 valence electrons. The Kier molecular flexibility index (Phi) is 4.85. The van der Waals surface area contributed by atoms with Gasteiger partial charge >= 0.3 is 0 Å². The number of carbonyl (C=O) groups is 2. The number of hydrogen-bond acceptors (Lipinski definition) is 3. The zero-order valence-electron chi connectivity index (χ0n) is 10.7. The summed E-state index contributed by atoms with van der Waals surface area (Å²) in [6.07, 6.45) is 1.81. The molecule has 0 spiro atoms. The van der Waals surface area contributed by atoms with Gasteiger partial charge in [0.25, 0.3) is 0 Å². The number of anilines is 1. The van der Waals surface area contributed by atoms with E-state index in [1.807, 2.05) is 6.07 Å². The average molecular weight is 289 g/mol. The molecular weight excluding hydrogens is 276 g/mol. The zero-order valence-corrected chi connectivity index (χ0v) is 11.4. The normalized spacial score (nSPS) is 10.1. The van der Waals surface area contributed by atoms with E-state index < -0.39 is 0 Å². The van der Waals surface area contributed by atoms with Crippen LogP contribution in [0.1, 0.15) is 23.2 Å². The number of Topliss-reactive ketones (excluding diaryl/α,β-unsaturated/α-hetero) is 1.